The SMILES string of the molecule is COC(=O)CC(C)S(=O)(=O)C1CC1c1ccccc1. The highest BCUT2D eigenvalue weighted by Gasteiger charge is 2.50. The van der Waals surface area contributed by atoms with Crippen LogP contribution in [0, 0.1) is 0 Å². The highest BCUT2D eigenvalue weighted by Crippen LogP contribution is 2.47. The summed E-state index contributed by atoms with van der Waals surface area (Å²) >= 11 is 0. The highest BCUT2D eigenvalue weighted by atomic mass is 32.2. The van der Waals surface area contributed by atoms with Gasteiger partial charge in [-0.25, -0.2) is 8.42 Å². The molecule has 1 aromatic rings. The summed E-state index contributed by atoms with van der Waals surface area (Å²) in [7, 11) is -2.00. The second kappa shape index (κ2) is 5.33. The van der Waals surface area contributed by atoms with E-state index in [1.165, 1.54) is 7.11 Å². The van der Waals surface area contributed by atoms with Gasteiger partial charge in [-0.1, -0.05) is 30.3 Å². The van der Waals surface area contributed by atoms with Gasteiger partial charge in [0.25, 0.3) is 0 Å². The lowest BCUT2D eigenvalue weighted by Gasteiger charge is -2.11. The van der Waals surface area contributed by atoms with Crippen molar-refractivity contribution in [2.45, 2.75) is 36.2 Å². The first kappa shape index (κ1) is 14.1. The van der Waals surface area contributed by atoms with E-state index in [0.29, 0.717) is 6.42 Å². The first-order chi connectivity index (χ1) is 8.96. The summed E-state index contributed by atoms with van der Waals surface area (Å²) in [4.78, 5) is 11.2. The standard InChI is InChI=1S/C14H18O4S/c1-10(8-14(15)18-2)19(16,17)13-9-12(13)11-6-4-3-5-7-11/h3-7,10,12-13H,8-9H2,1-2H3. The summed E-state index contributed by atoms with van der Waals surface area (Å²) in [6.45, 7) is 1.58. The van der Waals surface area contributed by atoms with Gasteiger partial charge in [-0.2, -0.15) is 0 Å². The number of esters is 1. The number of hydrogen-bond donors (Lipinski definition) is 0. The largest absolute Gasteiger partial charge is 0.469 e. The topological polar surface area (TPSA) is 60.4 Å². The van der Waals surface area contributed by atoms with Crippen LogP contribution in [-0.2, 0) is 19.4 Å². The Hall–Kier alpha value is -1.36. The molecule has 2 rings (SSSR count). The number of hydrogen-bond acceptors (Lipinski definition) is 4. The van der Waals surface area contributed by atoms with Gasteiger partial charge in [0.15, 0.2) is 9.84 Å². The van der Waals surface area contributed by atoms with E-state index in [1.807, 2.05) is 30.3 Å². The van der Waals surface area contributed by atoms with Gasteiger partial charge < -0.3 is 4.74 Å². The molecule has 0 N–H and O–H groups in total. The average Bonchev–Trinajstić information content (AvgIpc) is 3.20. The average molecular weight is 282 g/mol. The molecule has 0 heterocycles. The van der Waals surface area contributed by atoms with Gasteiger partial charge in [0.1, 0.15) is 0 Å². The molecule has 1 fully saturated rings. The van der Waals surface area contributed by atoms with E-state index in [9.17, 15) is 13.2 Å². The van der Waals surface area contributed by atoms with Crippen molar-refractivity contribution in [1.29, 1.82) is 0 Å². The molecule has 1 aromatic carbocycles. The fourth-order valence-corrected chi connectivity index (χ4v) is 4.37. The van der Waals surface area contributed by atoms with Crippen LogP contribution in [0.2, 0.25) is 0 Å². The minimum absolute atomic E-state index is 0.0726. The minimum Gasteiger partial charge on any atom is -0.469 e. The molecule has 5 heteroatoms. The molecule has 1 saturated carbocycles. The molecular formula is C14H18O4S. The Morgan fingerprint density at radius 3 is 2.58 bits per heavy atom. The van der Waals surface area contributed by atoms with E-state index >= 15 is 0 Å². The number of ether oxygens (including phenoxy) is 1. The van der Waals surface area contributed by atoms with Crippen LogP contribution in [0.25, 0.3) is 0 Å². The minimum atomic E-state index is -3.27. The Balaban J connectivity index is 2.05. The van der Waals surface area contributed by atoms with E-state index in [0.717, 1.165) is 5.56 Å². The van der Waals surface area contributed by atoms with Crippen LogP contribution in [0.1, 0.15) is 31.2 Å². The molecule has 0 aromatic heterocycles. The van der Waals surface area contributed by atoms with Gasteiger partial charge in [-0.3, -0.25) is 4.79 Å². The van der Waals surface area contributed by atoms with E-state index in [4.69, 9.17) is 0 Å². The normalized spacial score (nSPS) is 23.7. The highest BCUT2D eigenvalue weighted by molar-refractivity contribution is 7.93. The molecule has 0 spiro atoms. The Kier molecular flexibility index (Phi) is 3.94. The number of methoxy groups -OCH3 is 1. The van der Waals surface area contributed by atoms with Crippen LogP contribution < -0.4 is 0 Å². The third-order valence-electron chi connectivity index (χ3n) is 3.62. The van der Waals surface area contributed by atoms with Gasteiger partial charge in [-0.15, -0.1) is 0 Å². The second-order valence-corrected chi connectivity index (χ2v) is 7.56. The van der Waals surface area contributed by atoms with E-state index in [-0.39, 0.29) is 17.6 Å². The lowest BCUT2D eigenvalue weighted by atomic mass is 10.1. The molecule has 19 heavy (non-hydrogen) atoms. The summed E-state index contributed by atoms with van der Waals surface area (Å²) < 4.78 is 29.2. The molecule has 1 aliphatic rings. The van der Waals surface area contributed by atoms with Crippen LogP contribution in [0.5, 0.6) is 0 Å². The van der Waals surface area contributed by atoms with Gasteiger partial charge in [0.2, 0.25) is 0 Å². The van der Waals surface area contributed by atoms with Crippen molar-refractivity contribution in [3.8, 4) is 0 Å². The second-order valence-electron chi connectivity index (χ2n) is 4.97. The molecule has 0 bridgehead atoms. The fraction of sp³-hybridized carbons (Fsp3) is 0.500. The molecule has 3 unspecified atom stereocenters. The Morgan fingerprint density at radius 1 is 1.37 bits per heavy atom. The maximum absolute atomic E-state index is 12.3. The summed E-state index contributed by atoms with van der Waals surface area (Å²) in [5, 5.41) is -1.03. The molecule has 3 atom stereocenters. The Morgan fingerprint density at radius 2 is 2.00 bits per heavy atom. The van der Waals surface area contributed by atoms with Crippen LogP contribution in [0.4, 0.5) is 0 Å². The monoisotopic (exact) mass is 282 g/mol. The number of benzene rings is 1. The number of sulfone groups is 1. The van der Waals surface area contributed by atoms with E-state index in [1.54, 1.807) is 6.92 Å². The third kappa shape index (κ3) is 2.97. The fourth-order valence-electron chi connectivity index (χ4n) is 2.32. The summed E-state index contributed by atoms with van der Waals surface area (Å²) in [5.41, 5.74) is 1.06. The van der Waals surface area contributed by atoms with Gasteiger partial charge >= 0.3 is 5.97 Å². The number of carbonyl (C=O) groups excluding carboxylic acids is 1. The number of carbonyl (C=O) groups is 1. The Labute approximate surface area is 113 Å². The maximum atomic E-state index is 12.3. The smallest absolute Gasteiger partial charge is 0.306 e. The first-order valence-corrected chi connectivity index (χ1v) is 7.92. The van der Waals surface area contributed by atoms with Gasteiger partial charge in [-0.05, 0) is 18.9 Å². The molecule has 0 amide bonds. The quantitative estimate of drug-likeness (QED) is 0.774. The summed E-state index contributed by atoms with van der Waals surface area (Å²) in [5.74, 6) is -0.403. The molecular weight excluding hydrogens is 264 g/mol. The molecule has 0 aliphatic heterocycles. The zero-order valence-electron chi connectivity index (χ0n) is 11.1. The van der Waals surface area contributed by atoms with Crippen molar-refractivity contribution in [2.24, 2.45) is 0 Å². The predicted molar refractivity (Wildman–Crippen MR) is 72.6 cm³/mol. The first-order valence-electron chi connectivity index (χ1n) is 6.31. The zero-order chi connectivity index (χ0) is 14.0. The predicted octanol–water partition coefficient (Wildman–Crippen LogP) is 1.91. The van der Waals surface area contributed by atoms with Crippen molar-refractivity contribution < 1.29 is 17.9 Å². The zero-order valence-corrected chi connectivity index (χ0v) is 11.9. The lowest BCUT2D eigenvalue weighted by Crippen LogP contribution is -2.26. The summed E-state index contributed by atoms with van der Waals surface area (Å²) in [6, 6.07) is 9.63. The third-order valence-corrected chi connectivity index (χ3v) is 6.28. The van der Waals surface area contributed by atoms with Crippen LogP contribution in [0.15, 0.2) is 30.3 Å². The molecule has 0 saturated heterocycles. The molecule has 104 valence electrons. The summed E-state index contributed by atoms with van der Waals surface area (Å²) in [6.07, 6.45) is 0.578. The molecule has 4 nitrogen and oxygen atoms in total. The molecule has 0 radical (unpaired) electrons. The van der Waals surface area contributed by atoms with Gasteiger partial charge in [0.05, 0.1) is 24.0 Å². The van der Waals surface area contributed by atoms with Crippen molar-refractivity contribution in [3.63, 3.8) is 0 Å². The number of rotatable bonds is 5. The van der Waals surface area contributed by atoms with Gasteiger partial charge in [0, 0.05) is 5.92 Å². The lowest BCUT2D eigenvalue weighted by molar-refractivity contribution is -0.140. The van der Waals surface area contributed by atoms with Crippen LogP contribution in [-0.4, -0.2) is 32.0 Å². The van der Waals surface area contributed by atoms with Crippen LogP contribution in [0.3, 0.4) is 0 Å². The maximum Gasteiger partial charge on any atom is 0.306 e. The van der Waals surface area contributed by atoms with E-state index in [2.05, 4.69) is 4.74 Å². The Bertz CT molecular complexity index is 550. The van der Waals surface area contributed by atoms with Crippen LogP contribution >= 0.6 is 0 Å². The van der Waals surface area contributed by atoms with Crippen molar-refractivity contribution in [2.75, 3.05) is 7.11 Å². The van der Waals surface area contributed by atoms with Crippen molar-refractivity contribution >= 4 is 15.8 Å². The van der Waals surface area contributed by atoms with Crippen molar-refractivity contribution in [3.05, 3.63) is 35.9 Å². The van der Waals surface area contributed by atoms with Crippen molar-refractivity contribution in [1.82, 2.24) is 0 Å². The molecule has 1 aliphatic carbocycles. The van der Waals surface area contributed by atoms with E-state index < -0.39 is 21.1 Å².